The highest BCUT2D eigenvalue weighted by atomic mass is 19.4. The van der Waals surface area contributed by atoms with Crippen molar-refractivity contribution in [2.45, 2.75) is 11.7 Å². The second kappa shape index (κ2) is 7.26. The number of methoxy groups -OCH3 is 1. The Balaban J connectivity index is 2.16. The van der Waals surface area contributed by atoms with Gasteiger partial charge in [-0.2, -0.15) is 13.2 Å². The van der Waals surface area contributed by atoms with Gasteiger partial charge in [0, 0.05) is 24.0 Å². The largest absolute Gasteiger partial charge is 0.497 e. The molecule has 0 saturated carbocycles. The van der Waals surface area contributed by atoms with E-state index in [1.807, 2.05) is 0 Å². The Morgan fingerprint density at radius 1 is 1.04 bits per heavy atom. The average Bonchev–Trinajstić information content (AvgIpc) is 3.20. The fraction of sp³-hybridized carbons (Fsp3) is 0.158. The summed E-state index contributed by atoms with van der Waals surface area (Å²) >= 11 is 0. The molecule has 1 atom stereocenters. The van der Waals surface area contributed by atoms with Crippen LogP contribution < -0.4 is 10.1 Å². The lowest BCUT2D eigenvalue weighted by molar-refractivity contribution is -0.384. The highest BCUT2D eigenvalue weighted by molar-refractivity contribution is 5.56. The number of hydrogen-bond donors (Lipinski definition) is 2. The maximum atomic E-state index is 14.5. The Morgan fingerprint density at radius 3 is 2.14 bits per heavy atom. The molecule has 1 unspecified atom stereocenters. The number of hydrogen-bond acceptors (Lipinski definition) is 4. The molecule has 0 saturated heterocycles. The molecular weight excluding hydrogens is 375 g/mol. The summed E-state index contributed by atoms with van der Waals surface area (Å²) in [6.07, 6.45) is -3.34. The molecule has 9 heteroatoms. The van der Waals surface area contributed by atoms with Crippen molar-refractivity contribution in [2.75, 3.05) is 12.4 Å². The van der Waals surface area contributed by atoms with Gasteiger partial charge in [-0.25, -0.2) is 0 Å². The summed E-state index contributed by atoms with van der Waals surface area (Å²) in [4.78, 5) is 12.8. The first kappa shape index (κ1) is 19.3. The number of benzene rings is 2. The number of rotatable bonds is 6. The van der Waals surface area contributed by atoms with Crippen molar-refractivity contribution in [3.05, 3.63) is 88.2 Å². The molecule has 2 N–H and O–H groups in total. The van der Waals surface area contributed by atoms with Crippen LogP contribution in [0, 0.1) is 10.1 Å². The summed E-state index contributed by atoms with van der Waals surface area (Å²) in [5.41, 5.74) is -2.93. The second-order valence-electron chi connectivity index (χ2n) is 5.99. The highest BCUT2D eigenvalue weighted by Crippen LogP contribution is 2.46. The minimum Gasteiger partial charge on any atom is -0.497 e. The Kier molecular flexibility index (Phi) is 5.00. The maximum Gasteiger partial charge on any atom is 0.421 e. The minimum atomic E-state index is -4.74. The van der Waals surface area contributed by atoms with Crippen LogP contribution in [0.4, 0.5) is 24.5 Å². The van der Waals surface area contributed by atoms with Crippen LogP contribution in [-0.4, -0.2) is 23.2 Å². The standard InChI is InChI=1S/C19H16F3N3O3/c1-28-16-10-4-13(5-11-16)18(19(20,21)22,17-3-2-12-23-17)24-14-6-8-15(9-7-14)25(26)27/h2-12,23-24H,1H3. The monoisotopic (exact) mass is 391 g/mol. The van der Waals surface area contributed by atoms with E-state index in [4.69, 9.17) is 4.74 Å². The van der Waals surface area contributed by atoms with E-state index in [0.29, 0.717) is 5.75 Å². The molecule has 1 aromatic heterocycles. The molecule has 0 aliphatic heterocycles. The first-order valence-corrected chi connectivity index (χ1v) is 8.15. The topological polar surface area (TPSA) is 80.2 Å². The molecule has 2 aromatic carbocycles. The van der Waals surface area contributed by atoms with E-state index in [-0.39, 0.29) is 22.6 Å². The summed E-state index contributed by atoms with van der Waals surface area (Å²) in [5, 5.41) is 13.3. The second-order valence-corrected chi connectivity index (χ2v) is 5.99. The zero-order chi connectivity index (χ0) is 20.4. The third-order valence-electron chi connectivity index (χ3n) is 4.36. The van der Waals surface area contributed by atoms with E-state index in [2.05, 4.69) is 10.3 Å². The number of nitro groups is 1. The SMILES string of the molecule is COc1ccc(C(Nc2ccc([N+](=O)[O-])cc2)(c2ccc[nH]2)C(F)(F)F)cc1. The van der Waals surface area contributed by atoms with Gasteiger partial charge in [0.15, 0.2) is 5.54 Å². The number of H-pyrrole nitrogens is 1. The molecule has 6 nitrogen and oxygen atoms in total. The molecule has 0 fully saturated rings. The Bertz CT molecular complexity index is 939. The van der Waals surface area contributed by atoms with Crippen molar-refractivity contribution < 1.29 is 22.8 Å². The molecule has 146 valence electrons. The summed E-state index contributed by atoms with van der Waals surface area (Å²) < 4.78 is 48.5. The van der Waals surface area contributed by atoms with E-state index < -0.39 is 16.6 Å². The zero-order valence-electron chi connectivity index (χ0n) is 14.7. The quantitative estimate of drug-likeness (QED) is 0.465. The number of halogens is 3. The number of nitro benzene ring substituents is 1. The van der Waals surface area contributed by atoms with Gasteiger partial charge in [-0.1, -0.05) is 12.1 Å². The summed E-state index contributed by atoms with van der Waals surface area (Å²) in [7, 11) is 1.42. The first-order chi connectivity index (χ1) is 13.3. The smallest absolute Gasteiger partial charge is 0.421 e. The van der Waals surface area contributed by atoms with E-state index in [1.165, 1.54) is 61.8 Å². The third kappa shape index (κ3) is 3.38. The van der Waals surface area contributed by atoms with Gasteiger partial charge >= 0.3 is 6.18 Å². The van der Waals surface area contributed by atoms with Gasteiger partial charge in [0.2, 0.25) is 0 Å². The van der Waals surface area contributed by atoms with Crippen LogP contribution >= 0.6 is 0 Å². The van der Waals surface area contributed by atoms with Crippen molar-refractivity contribution in [1.29, 1.82) is 0 Å². The van der Waals surface area contributed by atoms with Gasteiger partial charge in [-0.05, 0) is 42.0 Å². The van der Waals surface area contributed by atoms with Crippen LogP contribution in [0.1, 0.15) is 11.3 Å². The molecule has 28 heavy (non-hydrogen) atoms. The Labute approximate surface area is 158 Å². The van der Waals surface area contributed by atoms with Crippen LogP contribution in [0.3, 0.4) is 0 Å². The maximum absolute atomic E-state index is 14.5. The van der Waals surface area contributed by atoms with Crippen LogP contribution in [0.15, 0.2) is 66.9 Å². The predicted octanol–water partition coefficient (Wildman–Crippen LogP) is 4.85. The summed E-state index contributed by atoms with van der Waals surface area (Å²) in [6.45, 7) is 0. The molecule has 1 heterocycles. The number of ether oxygens (including phenoxy) is 1. The van der Waals surface area contributed by atoms with Crippen LogP contribution in [0.25, 0.3) is 0 Å². The molecule has 0 aliphatic carbocycles. The van der Waals surface area contributed by atoms with E-state index in [9.17, 15) is 23.3 Å². The lowest BCUT2D eigenvalue weighted by Gasteiger charge is -2.37. The van der Waals surface area contributed by atoms with Crippen molar-refractivity contribution in [3.63, 3.8) is 0 Å². The highest BCUT2D eigenvalue weighted by Gasteiger charge is 2.58. The molecular formula is C19H16F3N3O3. The van der Waals surface area contributed by atoms with Crippen molar-refractivity contribution in [1.82, 2.24) is 4.98 Å². The third-order valence-corrected chi connectivity index (χ3v) is 4.36. The van der Waals surface area contributed by atoms with Crippen molar-refractivity contribution in [3.8, 4) is 5.75 Å². The fourth-order valence-electron chi connectivity index (χ4n) is 2.97. The lowest BCUT2D eigenvalue weighted by Crippen LogP contribution is -2.50. The number of anilines is 1. The number of non-ortho nitro benzene ring substituents is 1. The van der Waals surface area contributed by atoms with Gasteiger partial charge in [0.1, 0.15) is 5.75 Å². The number of aromatic nitrogens is 1. The van der Waals surface area contributed by atoms with Gasteiger partial charge in [0.25, 0.3) is 5.69 Å². The average molecular weight is 391 g/mol. The molecule has 0 radical (unpaired) electrons. The van der Waals surface area contributed by atoms with Crippen LogP contribution in [0.2, 0.25) is 0 Å². The molecule has 0 spiro atoms. The minimum absolute atomic E-state index is 0.0680. The van der Waals surface area contributed by atoms with Crippen molar-refractivity contribution in [2.24, 2.45) is 0 Å². The summed E-state index contributed by atoms with van der Waals surface area (Å²) in [5.74, 6) is 0.418. The number of nitrogens with zero attached hydrogens (tertiary/aromatic N) is 1. The predicted molar refractivity (Wildman–Crippen MR) is 97.3 cm³/mol. The Hall–Kier alpha value is -3.49. The van der Waals surface area contributed by atoms with Crippen molar-refractivity contribution >= 4 is 11.4 Å². The van der Waals surface area contributed by atoms with Gasteiger partial charge in [0.05, 0.1) is 17.7 Å². The summed E-state index contributed by atoms with van der Waals surface area (Å²) in [6, 6.07) is 13.1. The first-order valence-electron chi connectivity index (χ1n) is 8.15. The molecule has 0 bridgehead atoms. The molecule has 0 aliphatic rings. The Morgan fingerprint density at radius 2 is 1.68 bits per heavy atom. The number of nitrogens with one attached hydrogen (secondary N) is 2. The van der Waals surface area contributed by atoms with Crippen LogP contribution in [0.5, 0.6) is 5.75 Å². The van der Waals surface area contributed by atoms with Gasteiger partial charge in [-0.15, -0.1) is 0 Å². The molecule has 3 rings (SSSR count). The fourth-order valence-corrected chi connectivity index (χ4v) is 2.97. The normalized spacial score (nSPS) is 13.6. The van der Waals surface area contributed by atoms with Gasteiger partial charge < -0.3 is 15.0 Å². The van der Waals surface area contributed by atoms with E-state index >= 15 is 0 Å². The molecule has 3 aromatic rings. The van der Waals surface area contributed by atoms with Gasteiger partial charge in [-0.3, -0.25) is 10.1 Å². The lowest BCUT2D eigenvalue weighted by atomic mass is 9.85. The van der Waals surface area contributed by atoms with E-state index in [0.717, 1.165) is 12.1 Å². The number of aromatic amines is 1. The van der Waals surface area contributed by atoms with E-state index in [1.54, 1.807) is 0 Å². The molecule has 0 amide bonds. The van der Waals surface area contributed by atoms with Crippen LogP contribution in [-0.2, 0) is 5.54 Å². The zero-order valence-corrected chi connectivity index (χ0v) is 14.7. The number of alkyl halides is 3.